The Morgan fingerprint density at radius 2 is 1.84 bits per heavy atom. The minimum atomic E-state index is -0.0900. The van der Waals surface area contributed by atoms with E-state index in [1.807, 2.05) is 60.7 Å². The molecule has 25 heavy (non-hydrogen) atoms. The van der Waals surface area contributed by atoms with Crippen LogP contribution in [0.25, 0.3) is 6.08 Å². The van der Waals surface area contributed by atoms with Gasteiger partial charge in [0.25, 0.3) is 5.91 Å². The molecule has 0 unspecified atom stereocenters. The van der Waals surface area contributed by atoms with Crippen molar-refractivity contribution in [2.24, 2.45) is 0 Å². The van der Waals surface area contributed by atoms with Crippen LogP contribution >= 0.6 is 24.0 Å². The van der Waals surface area contributed by atoms with Gasteiger partial charge in [-0.25, -0.2) is 0 Å². The van der Waals surface area contributed by atoms with Gasteiger partial charge in [-0.2, -0.15) is 0 Å². The molecule has 2 aromatic rings. The Hall–Kier alpha value is -2.37. The van der Waals surface area contributed by atoms with Crippen molar-refractivity contribution in [3.05, 3.63) is 83.3 Å². The van der Waals surface area contributed by atoms with E-state index in [0.29, 0.717) is 22.4 Å². The van der Waals surface area contributed by atoms with E-state index < -0.39 is 0 Å². The molecule has 0 atom stereocenters. The van der Waals surface area contributed by atoms with Crippen molar-refractivity contribution in [1.82, 2.24) is 4.90 Å². The van der Waals surface area contributed by atoms with Crippen molar-refractivity contribution in [3.8, 4) is 5.75 Å². The molecule has 3 nitrogen and oxygen atoms in total. The van der Waals surface area contributed by atoms with E-state index in [2.05, 4.69) is 6.58 Å². The number of carbonyl (C=O) groups is 1. The molecular formula is C20H17NO2S2. The van der Waals surface area contributed by atoms with Crippen molar-refractivity contribution in [2.45, 2.75) is 6.61 Å². The molecule has 5 heteroatoms. The average molecular weight is 367 g/mol. The van der Waals surface area contributed by atoms with Gasteiger partial charge < -0.3 is 4.74 Å². The molecule has 0 aromatic heterocycles. The maximum absolute atomic E-state index is 12.5. The lowest BCUT2D eigenvalue weighted by Crippen LogP contribution is -2.27. The zero-order valence-corrected chi connectivity index (χ0v) is 15.2. The van der Waals surface area contributed by atoms with Crippen molar-refractivity contribution < 1.29 is 9.53 Å². The standard InChI is InChI=1S/C20H17NO2S2/c1-2-12-21-19(22)18(25-20(21)24)13-16-10-6-7-11-17(16)23-14-15-8-4-3-5-9-15/h2-11,13H,1,12,14H2/b18-13+. The highest BCUT2D eigenvalue weighted by Crippen LogP contribution is 2.34. The van der Waals surface area contributed by atoms with Gasteiger partial charge in [-0.15, -0.1) is 6.58 Å². The highest BCUT2D eigenvalue weighted by Gasteiger charge is 2.31. The van der Waals surface area contributed by atoms with Crippen LogP contribution < -0.4 is 4.74 Å². The molecule has 1 saturated heterocycles. The average Bonchev–Trinajstić information content (AvgIpc) is 2.90. The number of ether oxygens (including phenoxy) is 1. The zero-order chi connectivity index (χ0) is 17.6. The molecule has 0 radical (unpaired) electrons. The first-order valence-corrected chi connectivity index (χ1v) is 9.03. The van der Waals surface area contributed by atoms with Gasteiger partial charge in [0, 0.05) is 12.1 Å². The van der Waals surface area contributed by atoms with Gasteiger partial charge in [-0.1, -0.05) is 78.6 Å². The summed E-state index contributed by atoms with van der Waals surface area (Å²) in [7, 11) is 0. The number of rotatable bonds is 6. The van der Waals surface area contributed by atoms with Crippen LogP contribution in [0.3, 0.4) is 0 Å². The first kappa shape index (κ1) is 17.5. The Morgan fingerprint density at radius 1 is 1.12 bits per heavy atom. The number of benzene rings is 2. The molecule has 0 aliphatic carbocycles. The van der Waals surface area contributed by atoms with Crippen molar-refractivity contribution in [1.29, 1.82) is 0 Å². The molecule has 0 bridgehead atoms. The lowest BCUT2D eigenvalue weighted by molar-refractivity contribution is -0.121. The topological polar surface area (TPSA) is 29.5 Å². The van der Waals surface area contributed by atoms with E-state index in [1.165, 1.54) is 11.8 Å². The van der Waals surface area contributed by atoms with Gasteiger partial charge >= 0.3 is 0 Å². The normalized spacial score (nSPS) is 15.7. The number of para-hydroxylation sites is 1. The van der Waals surface area contributed by atoms with Crippen LogP contribution in [-0.4, -0.2) is 21.7 Å². The van der Waals surface area contributed by atoms with Gasteiger partial charge in [0.15, 0.2) is 0 Å². The second-order valence-electron chi connectivity index (χ2n) is 5.39. The highest BCUT2D eigenvalue weighted by atomic mass is 32.2. The van der Waals surface area contributed by atoms with Gasteiger partial charge in [0.1, 0.15) is 16.7 Å². The minimum Gasteiger partial charge on any atom is -0.488 e. The Kier molecular flexibility index (Phi) is 5.68. The summed E-state index contributed by atoms with van der Waals surface area (Å²) in [6.45, 7) is 4.57. The first-order valence-electron chi connectivity index (χ1n) is 7.81. The molecule has 1 aliphatic rings. The second-order valence-corrected chi connectivity index (χ2v) is 7.07. The molecule has 0 N–H and O–H groups in total. The molecule has 1 amide bonds. The summed E-state index contributed by atoms with van der Waals surface area (Å²) in [6.07, 6.45) is 3.51. The summed E-state index contributed by atoms with van der Waals surface area (Å²) in [5, 5.41) is 0. The van der Waals surface area contributed by atoms with Gasteiger partial charge in [-0.05, 0) is 17.7 Å². The Morgan fingerprint density at radius 3 is 2.60 bits per heavy atom. The minimum absolute atomic E-state index is 0.0900. The highest BCUT2D eigenvalue weighted by molar-refractivity contribution is 8.26. The Labute approximate surface area is 157 Å². The van der Waals surface area contributed by atoms with Gasteiger partial charge in [0.2, 0.25) is 0 Å². The first-order chi connectivity index (χ1) is 12.2. The Bertz CT molecular complexity index is 831. The third-order valence-electron chi connectivity index (χ3n) is 3.63. The second kappa shape index (κ2) is 8.14. The smallest absolute Gasteiger partial charge is 0.266 e. The SMILES string of the molecule is C=CCN1C(=O)/C(=C\c2ccccc2OCc2ccccc2)SC1=S. The molecule has 0 spiro atoms. The van der Waals surface area contributed by atoms with E-state index >= 15 is 0 Å². The maximum atomic E-state index is 12.5. The third-order valence-corrected chi connectivity index (χ3v) is 5.01. The quantitative estimate of drug-likeness (QED) is 0.422. The molecule has 1 aliphatic heterocycles. The molecule has 1 fully saturated rings. The molecule has 2 aromatic carbocycles. The van der Waals surface area contributed by atoms with E-state index in [1.54, 1.807) is 11.0 Å². The Balaban J connectivity index is 1.80. The van der Waals surface area contributed by atoms with Crippen LogP contribution in [0.4, 0.5) is 0 Å². The van der Waals surface area contributed by atoms with Crippen LogP contribution in [0.15, 0.2) is 72.2 Å². The fourth-order valence-electron chi connectivity index (χ4n) is 2.39. The molecule has 0 saturated carbocycles. The van der Waals surface area contributed by atoms with Gasteiger partial charge in [0.05, 0.1) is 4.91 Å². The summed E-state index contributed by atoms with van der Waals surface area (Å²) in [4.78, 5) is 14.6. The predicted octanol–water partition coefficient (Wildman–Crippen LogP) is 4.65. The summed E-state index contributed by atoms with van der Waals surface area (Å²) in [5.41, 5.74) is 1.95. The number of thiocarbonyl (C=S) groups is 1. The molecule has 1 heterocycles. The van der Waals surface area contributed by atoms with Gasteiger partial charge in [-0.3, -0.25) is 9.69 Å². The van der Waals surface area contributed by atoms with E-state index in [9.17, 15) is 4.79 Å². The number of thioether (sulfide) groups is 1. The van der Waals surface area contributed by atoms with Crippen LogP contribution in [0, 0.1) is 0 Å². The van der Waals surface area contributed by atoms with Crippen LogP contribution in [0.2, 0.25) is 0 Å². The maximum Gasteiger partial charge on any atom is 0.266 e. The van der Waals surface area contributed by atoms with Crippen molar-refractivity contribution in [3.63, 3.8) is 0 Å². The largest absolute Gasteiger partial charge is 0.488 e. The van der Waals surface area contributed by atoms with Crippen LogP contribution in [-0.2, 0) is 11.4 Å². The van der Waals surface area contributed by atoms with E-state index in [4.69, 9.17) is 17.0 Å². The molecule has 3 rings (SSSR count). The van der Waals surface area contributed by atoms with Crippen molar-refractivity contribution in [2.75, 3.05) is 6.54 Å². The van der Waals surface area contributed by atoms with Crippen molar-refractivity contribution >= 4 is 40.3 Å². The number of nitrogens with zero attached hydrogens (tertiary/aromatic N) is 1. The predicted molar refractivity (Wildman–Crippen MR) is 107 cm³/mol. The lowest BCUT2D eigenvalue weighted by atomic mass is 10.1. The van der Waals surface area contributed by atoms with E-state index in [-0.39, 0.29) is 5.91 Å². The summed E-state index contributed by atoms with van der Waals surface area (Å²) >= 11 is 6.58. The monoisotopic (exact) mass is 367 g/mol. The number of hydrogen-bond acceptors (Lipinski definition) is 4. The third kappa shape index (κ3) is 4.18. The van der Waals surface area contributed by atoms with Crippen LogP contribution in [0.1, 0.15) is 11.1 Å². The summed E-state index contributed by atoms with van der Waals surface area (Å²) < 4.78 is 6.50. The fourth-order valence-corrected chi connectivity index (χ4v) is 3.66. The number of hydrogen-bond donors (Lipinski definition) is 0. The van der Waals surface area contributed by atoms with Crippen LogP contribution in [0.5, 0.6) is 5.75 Å². The zero-order valence-electron chi connectivity index (χ0n) is 13.6. The number of carbonyl (C=O) groups excluding carboxylic acids is 1. The van der Waals surface area contributed by atoms with E-state index in [0.717, 1.165) is 16.9 Å². The lowest BCUT2D eigenvalue weighted by Gasteiger charge is -2.11. The molecule has 126 valence electrons. The summed E-state index contributed by atoms with van der Waals surface area (Å²) in [6, 6.07) is 17.6. The summed E-state index contributed by atoms with van der Waals surface area (Å²) in [5.74, 6) is 0.646. The molecular weight excluding hydrogens is 350 g/mol. The fraction of sp³-hybridized carbons (Fsp3) is 0.100. The number of amides is 1.